The Balaban J connectivity index is 1.33. The van der Waals surface area contributed by atoms with E-state index in [-0.39, 0.29) is 12.5 Å². The summed E-state index contributed by atoms with van der Waals surface area (Å²) in [6, 6.07) is 15.2. The highest BCUT2D eigenvalue weighted by molar-refractivity contribution is 7.18. The van der Waals surface area contributed by atoms with Gasteiger partial charge in [0.25, 0.3) is 5.91 Å². The number of likely N-dealkylation sites (tertiary alicyclic amines) is 1. The van der Waals surface area contributed by atoms with E-state index in [0.29, 0.717) is 42.7 Å². The molecule has 0 atom stereocenters. The molecule has 1 amide bonds. The second-order valence-corrected chi connectivity index (χ2v) is 8.23. The summed E-state index contributed by atoms with van der Waals surface area (Å²) in [4.78, 5) is 19.3. The standard InChI is InChI=1S/C23H23N3O3S/c1-2-28-20-13-16(14-24)7-8-19(20)29-15-22(27)26-11-9-17(10-12-26)23-25-18-5-3-4-6-21(18)30-23/h3-8,13,17H,2,9-12,15H2,1H3. The number of aromatic nitrogens is 1. The van der Waals surface area contributed by atoms with Crippen LogP contribution in [0, 0.1) is 11.3 Å². The van der Waals surface area contributed by atoms with Crippen molar-refractivity contribution in [1.82, 2.24) is 9.88 Å². The number of ether oxygens (including phenoxy) is 2. The molecule has 0 unspecified atom stereocenters. The van der Waals surface area contributed by atoms with Crippen LogP contribution in [0.15, 0.2) is 42.5 Å². The molecule has 3 aromatic rings. The van der Waals surface area contributed by atoms with E-state index in [4.69, 9.17) is 19.7 Å². The van der Waals surface area contributed by atoms with Gasteiger partial charge in [0, 0.05) is 25.1 Å². The van der Waals surface area contributed by atoms with Gasteiger partial charge in [-0.2, -0.15) is 5.26 Å². The number of amides is 1. The zero-order valence-electron chi connectivity index (χ0n) is 16.8. The number of benzene rings is 2. The van der Waals surface area contributed by atoms with Crippen LogP contribution in [0.2, 0.25) is 0 Å². The molecule has 154 valence electrons. The zero-order valence-corrected chi connectivity index (χ0v) is 17.7. The van der Waals surface area contributed by atoms with E-state index in [2.05, 4.69) is 12.1 Å². The van der Waals surface area contributed by atoms with Gasteiger partial charge in [-0.1, -0.05) is 12.1 Å². The fourth-order valence-corrected chi connectivity index (χ4v) is 4.77. The van der Waals surface area contributed by atoms with Crippen molar-refractivity contribution in [1.29, 1.82) is 5.26 Å². The number of hydrogen-bond acceptors (Lipinski definition) is 6. The number of carbonyl (C=O) groups excluding carboxylic acids is 1. The molecule has 6 nitrogen and oxygen atoms in total. The molecule has 1 fully saturated rings. The predicted molar refractivity (Wildman–Crippen MR) is 116 cm³/mol. The van der Waals surface area contributed by atoms with Gasteiger partial charge in [-0.3, -0.25) is 4.79 Å². The number of hydrogen-bond donors (Lipinski definition) is 0. The van der Waals surface area contributed by atoms with Crippen molar-refractivity contribution in [2.45, 2.75) is 25.7 Å². The fourth-order valence-electron chi connectivity index (χ4n) is 3.64. The summed E-state index contributed by atoms with van der Waals surface area (Å²) in [5, 5.41) is 10.2. The summed E-state index contributed by atoms with van der Waals surface area (Å²) < 4.78 is 12.5. The Labute approximate surface area is 179 Å². The second kappa shape index (κ2) is 9.14. The third-order valence-corrected chi connectivity index (χ3v) is 6.43. The fraction of sp³-hybridized carbons (Fsp3) is 0.348. The average Bonchev–Trinajstić information content (AvgIpc) is 3.22. The van der Waals surface area contributed by atoms with E-state index in [1.54, 1.807) is 29.5 Å². The number of fused-ring (bicyclic) bond motifs is 1. The largest absolute Gasteiger partial charge is 0.490 e. The van der Waals surface area contributed by atoms with Crippen molar-refractivity contribution in [2.24, 2.45) is 0 Å². The normalized spacial score (nSPS) is 14.5. The lowest BCUT2D eigenvalue weighted by molar-refractivity contribution is -0.134. The smallest absolute Gasteiger partial charge is 0.260 e. The lowest BCUT2D eigenvalue weighted by atomic mass is 9.97. The molecule has 2 aromatic carbocycles. The summed E-state index contributed by atoms with van der Waals surface area (Å²) >= 11 is 1.75. The molecular weight excluding hydrogens is 398 g/mol. The molecule has 7 heteroatoms. The Hall–Kier alpha value is -3.11. The van der Waals surface area contributed by atoms with Crippen LogP contribution in [-0.4, -0.2) is 42.1 Å². The van der Waals surface area contributed by atoms with Crippen molar-refractivity contribution < 1.29 is 14.3 Å². The highest BCUT2D eigenvalue weighted by atomic mass is 32.1. The lowest BCUT2D eigenvalue weighted by Crippen LogP contribution is -2.40. The minimum Gasteiger partial charge on any atom is -0.490 e. The minimum absolute atomic E-state index is 0.0374. The van der Waals surface area contributed by atoms with Gasteiger partial charge in [0.15, 0.2) is 18.1 Å². The molecule has 0 bridgehead atoms. The van der Waals surface area contributed by atoms with E-state index < -0.39 is 0 Å². The van der Waals surface area contributed by atoms with E-state index in [0.717, 1.165) is 18.4 Å². The number of piperidine rings is 1. The maximum Gasteiger partial charge on any atom is 0.260 e. The van der Waals surface area contributed by atoms with Crippen molar-refractivity contribution in [3.05, 3.63) is 53.0 Å². The van der Waals surface area contributed by atoms with Crippen LogP contribution in [-0.2, 0) is 4.79 Å². The Morgan fingerprint density at radius 3 is 2.73 bits per heavy atom. The molecule has 0 radical (unpaired) electrons. The first-order valence-electron chi connectivity index (χ1n) is 10.1. The Bertz CT molecular complexity index is 1050. The lowest BCUT2D eigenvalue weighted by Gasteiger charge is -2.31. The average molecular weight is 422 g/mol. The topological polar surface area (TPSA) is 75.5 Å². The molecule has 4 rings (SSSR count). The summed E-state index contributed by atoms with van der Waals surface area (Å²) in [6.45, 7) is 3.68. The van der Waals surface area contributed by atoms with E-state index in [1.165, 1.54) is 9.71 Å². The Morgan fingerprint density at radius 2 is 2.00 bits per heavy atom. The van der Waals surface area contributed by atoms with Gasteiger partial charge in [0.2, 0.25) is 0 Å². The number of carbonyl (C=O) groups is 1. The molecule has 2 heterocycles. The van der Waals surface area contributed by atoms with Crippen LogP contribution in [0.25, 0.3) is 10.2 Å². The maximum atomic E-state index is 12.6. The van der Waals surface area contributed by atoms with Crippen LogP contribution < -0.4 is 9.47 Å². The third kappa shape index (κ3) is 4.39. The van der Waals surface area contributed by atoms with Gasteiger partial charge in [-0.15, -0.1) is 11.3 Å². The highest BCUT2D eigenvalue weighted by Gasteiger charge is 2.26. The quantitative estimate of drug-likeness (QED) is 0.591. The van der Waals surface area contributed by atoms with Gasteiger partial charge in [0.1, 0.15) is 0 Å². The molecule has 0 aliphatic carbocycles. The number of rotatable bonds is 6. The highest BCUT2D eigenvalue weighted by Crippen LogP contribution is 2.34. The molecule has 1 saturated heterocycles. The van der Waals surface area contributed by atoms with Crippen molar-refractivity contribution in [3.8, 4) is 17.6 Å². The van der Waals surface area contributed by atoms with Gasteiger partial charge in [0.05, 0.1) is 33.5 Å². The monoisotopic (exact) mass is 421 g/mol. The summed E-state index contributed by atoms with van der Waals surface area (Å²) in [5.41, 5.74) is 1.55. The van der Waals surface area contributed by atoms with Crippen molar-refractivity contribution in [3.63, 3.8) is 0 Å². The third-order valence-electron chi connectivity index (χ3n) is 5.23. The number of thiazole rings is 1. The molecule has 0 N–H and O–H groups in total. The molecule has 30 heavy (non-hydrogen) atoms. The predicted octanol–water partition coefficient (Wildman–Crippen LogP) is 4.35. The zero-order chi connectivity index (χ0) is 20.9. The number of nitriles is 1. The van der Waals surface area contributed by atoms with Gasteiger partial charge >= 0.3 is 0 Å². The SMILES string of the molecule is CCOc1cc(C#N)ccc1OCC(=O)N1CCC(c2nc3ccccc3s2)CC1. The number of para-hydroxylation sites is 1. The molecule has 0 spiro atoms. The summed E-state index contributed by atoms with van der Waals surface area (Å²) in [5.74, 6) is 1.33. The first kappa shape index (κ1) is 20.2. The molecule has 1 aliphatic rings. The van der Waals surface area contributed by atoms with Crippen molar-refractivity contribution >= 4 is 27.5 Å². The first-order valence-corrected chi connectivity index (χ1v) is 10.9. The molecular formula is C23H23N3O3S. The molecule has 0 saturated carbocycles. The van der Waals surface area contributed by atoms with Gasteiger partial charge in [-0.25, -0.2) is 4.98 Å². The Morgan fingerprint density at radius 1 is 1.20 bits per heavy atom. The van der Waals surface area contributed by atoms with E-state index in [1.807, 2.05) is 30.0 Å². The molecule has 1 aliphatic heterocycles. The van der Waals surface area contributed by atoms with Crippen LogP contribution in [0.3, 0.4) is 0 Å². The number of nitrogens with zero attached hydrogens (tertiary/aromatic N) is 3. The molecule has 1 aromatic heterocycles. The maximum absolute atomic E-state index is 12.6. The van der Waals surface area contributed by atoms with Crippen LogP contribution in [0.5, 0.6) is 11.5 Å². The van der Waals surface area contributed by atoms with E-state index in [9.17, 15) is 4.79 Å². The second-order valence-electron chi connectivity index (χ2n) is 7.17. The van der Waals surface area contributed by atoms with Crippen molar-refractivity contribution in [2.75, 3.05) is 26.3 Å². The van der Waals surface area contributed by atoms with Gasteiger partial charge in [-0.05, 0) is 44.0 Å². The minimum atomic E-state index is -0.0439. The summed E-state index contributed by atoms with van der Waals surface area (Å²) in [6.07, 6.45) is 1.82. The van der Waals surface area contributed by atoms with Crippen LogP contribution in [0.1, 0.15) is 36.3 Å². The Kier molecular flexibility index (Phi) is 6.15. The van der Waals surface area contributed by atoms with Gasteiger partial charge < -0.3 is 14.4 Å². The first-order chi connectivity index (χ1) is 14.7. The van der Waals surface area contributed by atoms with Crippen LogP contribution >= 0.6 is 11.3 Å². The summed E-state index contributed by atoms with van der Waals surface area (Å²) in [7, 11) is 0. The van der Waals surface area contributed by atoms with E-state index >= 15 is 0 Å². The van der Waals surface area contributed by atoms with Crippen LogP contribution in [0.4, 0.5) is 0 Å².